The molecule has 4 heterocycles. The van der Waals surface area contributed by atoms with Crippen LogP contribution in [0.2, 0.25) is 0 Å². The molecule has 0 radical (unpaired) electrons. The zero-order valence-corrected chi connectivity index (χ0v) is 21.4. The van der Waals surface area contributed by atoms with Crippen LogP contribution in [-0.2, 0) is 13.1 Å². The Labute approximate surface area is 205 Å². The van der Waals surface area contributed by atoms with Crippen LogP contribution in [0.3, 0.4) is 0 Å². The minimum atomic E-state index is 0.613. The van der Waals surface area contributed by atoms with E-state index in [1.807, 2.05) is 24.8 Å². The molecule has 2 aromatic rings. The Morgan fingerprint density at radius 2 is 1.50 bits per heavy atom. The van der Waals surface area contributed by atoms with Gasteiger partial charge in [0.15, 0.2) is 0 Å². The van der Waals surface area contributed by atoms with Crippen molar-refractivity contribution in [1.29, 1.82) is 0 Å². The number of imidazole rings is 2. The summed E-state index contributed by atoms with van der Waals surface area (Å²) < 4.78 is 0. The third kappa shape index (κ3) is 6.10. The maximum atomic E-state index is 4.49. The molecule has 1 spiro atoms. The smallest absolute Gasteiger partial charge is 0.120 e. The summed E-state index contributed by atoms with van der Waals surface area (Å²) in [6.07, 6.45) is 17.1. The molecule has 7 heteroatoms. The second-order valence-electron chi connectivity index (χ2n) is 11.8. The lowest BCUT2D eigenvalue weighted by Gasteiger charge is -2.40. The van der Waals surface area contributed by atoms with E-state index in [1.54, 1.807) is 0 Å². The zero-order chi connectivity index (χ0) is 23.4. The van der Waals surface area contributed by atoms with Gasteiger partial charge in [0.25, 0.3) is 0 Å². The van der Waals surface area contributed by atoms with Crippen molar-refractivity contribution in [3.8, 4) is 0 Å². The Hall–Kier alpha value is -1.70. The molecular formula is C27H45N7. The third-order valence-electron chi connectivity index (χ3n) is 8.72. The average Bonchev–Trinajstić information content (AvgIpc) is 3.59. The van der Waals surface area contributed by atoms with Crippen molar-refractivity contribution >= 4 is 0 Å². The number of aromatic nitrogens is 4. The van der Waals surface area contributed by atoms with Crippen LogP contribution in [0.1, 0.15) is 70.4 Å². The van der Waals surface area contributed by atoms with E-state index in [2.05, 4.69) is 48.5 Å². The first-order valence-corrected chi connectivity index (χ1v) is 13.7. The van der Waals surface area contributed by atoms with Crippen molar-refractivity contribution in [3.63, 3.8) is 0 Å². The molecule has 3 fully saturated rings. The number of piperidine rings is 1. The van der Waals surface area contributed by atoms with Gasteiger partial charge in [0, 0.05) is 50.5 Å². The standard InChI is InChI=1S/C27H45N7/c1-22(2)17-32-14-7-27(8-15-32)9-16-33(21-27)18-23-3-5-24(6-4-23)34(19-25-28-10-11-29-25)20-26-30-12-13-31-26/h10-13,22-24H,3-9,14-21H2,1-2H3,(H,28,29)(H,30,31)/t23-,24-. The van der Waals surface area contributed by atoms with Gasteiger partial charge in [-0.25, -0.2) is 9.97 Å². The second kappa shape index (κ2) is 10.9. The van der Waals surface area contributed by atoms with E-state index in [0.717, 1.165) is 36.6 Å². The second-order valence-corrected chi connectivity index (χ2v) is 11.8. The highest BCUT2D eigenvalue weighted by molar-refractivity contribution is 4.96. The quantitative estimate of drug-likeness (QED) is 0.580. The first-order chi connectivity index (χ1) is 16.6. The van der Waals surface area contributed by atoms with Gasteiger partial charge in [-0.1, -0.05) is 13.8 Å². The summed E-state index contributed by atoms with van der Waals surface area (Å²) >= 11 is 0. The summed E-state index contributed by atoms with van der Waals surface area (Å²) in [7, 11) is 0. The maximum absolute atomic E-state index is 4.49. The first kappa shape index (κ1) is 24.0. The molecule has 0 unspecified atom stereocenters. The van der Waals surface area contributed by atoms with Crippen molar-refractivity contribution in [2.75, 3.05) is 39.3 Å². The SMILES string of the molecule is CC(C)CN1CCC2(CC1)CCN(C[C@H]1CC[C@H](N(Cc3ncc[nH]3)Cc3ncc[nH]3)CC1)C2. The average molecular weight is 468 g/mol. The van der Waals surface area contributed by atoms with Crippen LogP contribution in [0.5, 0.6) is 0 Å². The molecule has 188 valence electrons. The molecule has 0 atom stereocenters. The van der Waals surface area contributed by atoms with E-state index in [9.17, 15) is 0 Å². The molecule has 0 amide bonds. The van der Waals surface area contributed by atoms with Crippen LogP contribution < -0.4 is 0 Å². The van der Waals surface area contributed by atoms with Gasteiger partial charge in [0.1, 0.15) is 11.6 Å². The van der Waals surface area contributed by atoms with E-state index >= 15 is 0 Å². The highest BCUT2D eigenvalue weighted by Crippen LogP contribution is 2.41. The van der Waals surface area contributed by atoms with Crippen LogP contribution >= 0.6 is 0 Å². The van der Waals surface area contributed by atoms with E-state index in [1.165, 1.54) is 84.2 Å². The molecule has 2 saturated heterocycles. The third-order valence-corrected chi connectivity index (χ3v) is 8.72. The lowest BCUT2D eigenvalue weighted by atomic mass is 9.77. The van der Waals surface area contributed by atoms with E-state index < -0.39 is 0 Å². The number of aromatic amines is 2. The molecule has 0 aromatic carbocycles. The van der Waals surface area contributed by atoms with Crippen molar-refractivity contribution in [2.45, 2.75) is 77.9 Å². The Morgan fingerprint density at radius 3 is 2.03 bits per heavy atom. The Morgan fingerprint density at radius 1 is 0.912 bits per heavy atom. The molecule has 34 heavy (non-hydrogen) atoms. The van der Waals surface area contributed by atoms with Gasteiger partial charge >= 0.3 is 0 Å². The summed E-state index contributed by atoms with van der Waals surface area (Å²) in [5, 5.41) is 0. The topological polar surface area (TPSA) is 67.1 Å². The highest BCUT2D eigenvalue weighted by Gasteiger charge is 2.41. The van der Waals surface area contributed by atoms with E-state index in [-0.39, 0.29) is 0 Å². The maximum Gasteiger partial charge on any atom is 0.120 e. The number of nitrogens with one attached hydrogen (secondary N) is 2. The monoisotopic (exact) mass is 467 g/mol. The largest absolute Gasteiger partial charge is 0.348 e. The van der Waals surface area contributed by atoms with Gasteiger partial charge in [-0.05, 0) is 81.8 Å². The molecule has 3 aliphatic rings. The fourth-order valence-electron chi connectivity index (χ4n) is 6.84. The number of likely N-dealkylation sites (tertiary alicyclic amines) is 2. The normalized spacial score (nSPS) is 26.2. The Bertz CT molecular complexity index is 794. The van der Waals surface area contributed by atoms with Gasteiger partial charge in [0.2, 0.25) is 0 Å². The van der Waals surface area contributed by atoms with Crippen molar-refractivity contribution in [3.05, 3.63) is 36.4 Å². The number of rotatable bonds is 9. The summed E-state index contributed by atoms with van der Waals surface area (Å²) in [5.41, 5.74) is 0.619. The molecule has 1 aliphatic carbocycles. The van der Waals surface area contributed by atoms with E-state index in [4.69, 9.17) is 0 Å². The lowest BCUT2D eigenvalue weighted by Crippen LogP contribution is -2.43. The van der Waals surface area contributed by atoms with Crippen LogP contribution in [0.4, 0.5) is 0 Å². The molecular weight excluding hydrogens is 422 g/mol. The number of nitrogens with zero attached hydrogens (tertiary/aromatic N) is 5. The van der Waals surface area contributed by atoms with Crippen molar-refractivity contribution in [2.24, 2.45) is 17.3 Å². The molecule has 1 saturated carbocycles. The highest BCUT2D eigenvalue weighted by atomic mass is 15.2. The minimum Gasteiger partial charge on any atom is -0.348 e. The fraction of sp³-hybridized carbons (Fsp3) is 0.778. The van der Waals surface area contributed by atoms with Crippen LogP contribution in [0.15, 0.2) is 24.8 Å². The van der Waals surface area contributed by atoms with Crippen molar-refractivity contribution < 1.29 is 0 Å². The van der Waals surface area contributed by atoms with Gasteiger partial charge in [-0.3, -0.25) is 4.90 Å². The van der Waals surface area contributed by atoms with Gasteiger partial charge in [-0.15, -0.1) is 0 Å². The first-order valence-electron chi connectivity index (χ1n) is 13.7. The van der Waals surface area contributed by atoms with E-state index in [0.29, 0.717) is 11.5 Å². The Balaban J connectivity index is 1.09. The van der Waals surface area contributed by atoms with Gasteiger partial charge in [-0.2, -0.15) is 0 Å². The summed E-state index contributed by atoms with van der Waals surface area (Å²) in [6.45, 7) is 14.3. The van der Waals surface area contributed by atoms with Crippen LogP contribution in [0.25, 0.3) is 0 Å². The van der Waals surface area contributed by atoms with Crippen LogP contribution in [0, 0.1) is 17.3 Å². The molecule has 7 nitrogen and oxygen atoms in total. The molecule has 2 aromatic heterocycles. The molecule has 0 bridgehead atoms. The van der Waals surface area contributed by atoms with Gasteiger partial charge < -0.3 is 19.8 Å². The summed E-state index contributed by atoms with van der Waals surface area (Å²) in [6, 6.07) is 0.613. The Kier molecular flexibility index (Phi) is 7.71. The fourth-order valence-corrected chi connectivity index (χ4v) is 6.84. The summed E-state index contributed by atoms with van der Waals surface area (Å²) in [5.74, 6) is 3.76. The molecule has 2 aliphatic heterocycles. The predicted octanol–water partition coefficient (Wildman–Crippen LogP) is 4.14. The number of H-pyrrole nitrogens is 2. The lowest BCUT2D eigenvalue weighted by molar-refractivity contribution is 0.0874. The number of hydrogen-bond donors (Lipinski definition) is 2. The zero-order valence-electron chi connectivity index (χ0n) is 21.4. The van der Waals surface area contributed by atoms with Crippen LogP contribution in [-0.4, -0.2) is 79.9 Å². The predicted molar refractivity (Wildman–Crippen MR) is 136 cm³/mol. The van der Waals surface area contributed by atoms with Crippen molar-refractivity contribution in [1.82, 2.24) is 34.6 Å². The molecule has 5 rings (SSSR count). The molecule has 2 N–H and O–H groups in total. The summed E-state index contributed by atoms with van der Waals surface area (Å²) in [4.78, 5) is 23.7. The van der Waals surface area contributed by atoms with Gasteiger partial charge in [0.05, 0.1) is 13.1 Å². The minimum absolute atomic E-state index is 0.613. The number of hydrogen-bond acceptors (Lipinski definition) is 5.